The SMILES string of the molecule is NCC1CCC(CC2(N)N=C(NCCc3ccccc3Br)NC=C2[N+](=O)[O-])CC1. The van der Waals surface area contributed by atoms with Gasteiger partial charge in [0.25, 0.3) is 0 Å². The summed E-state index contributed by atoms with van der Waals surface area (Å²) in [5, 5.41) is 17.7. The molecule has 1 aliphatic heterocycles. The predicted molar refractivity (Wildman–Crippen MR) is 118 cm³/mol. The van der Waals surface area contributed by atoms with Crippen LogP contribution < -0.4 is 22.1 Å². The zero-order chi connectivity index (χ0) is 20.9. The maximum Gasteiger partial charge on any atom is 0.303 e. The number of nitrogens with one attached hydrogen (secondary N) is 2. The molecule has 1 heterocycles. The molecule has 29 heavy (non-hydrogen) atoms. The number of halogens is 1. The van der Waals surface area contributed by atoms with Crippen molar-refractivity contribution in [3.63, 3.8) is 0 Å². The van der Waals surface area contributed by atoms with Gasteiger partial charge in [0.2, 0.25) is 5.66 Å². The first-order valence-electron chi connectivity index (χ1n) is 10.1. The average molecular weight is 465 g/mol. The van der Waals surface area contributed by atoms with E-state index < -0.39 is 10.6 Å². The van der Waals surface area contributed by atoms with E-state index in [0.717, 1.165) is 36.6 Å². The van der Waals surface area contributed by atoms with Crippen molar-refractivity contribution in [3.8, 4) is 0 Å². The van der Waals surface area contributed by atoms with Gasteiger partial charge in [-0.2, -0.15) is 0 Å². The number of aliphatic imine (C=N–C) groups is 1. The standard InChI is InChI=1S/C20H29BrN6O2/c21-17-4-2-1-3-16(17)9-10-24-19-25-13-18(27(28)29)20(23,26-19)11-14-5-7-15(12-22)8-6-14/h1-4,13-15H,5-12,22-23H2,(H2,24,25,26). The van der Waals surface area contributed by atoms with E-state index in [-0.39, 0.29) is 5.70 Å². The van der Waals surface area contributed by atoms with E-state index in [0.29, 0.717) is 37.3 Å². The molecule has 1 atom stereocenters. The molecule has 1 aromatic carbocycles. The monoisotopic (exact) mass is 464 g/mol. The fourth-order valence-electron chi connectivity index (χ4n) is 4.13. The van der Waals surface area contributed by atoms with Gasteiger partial charge in [-0.05, 0) is 68.5 Å². The summed E-state index contributed by atoms with van der Waals surface area (Å²) < 4.78 is 1.05. The highest BCUT2D eigenvalue weighted by Gasteiger charge is 2.43. The van der Waals surface area contributed by atoms with E-state index >= 15 is 0 Å². The first kappa shape index (κ1) is 21.7. The van der Waals surface area contributed by atoms with Crippen LogP contribution in [0.1, 0.15) is 37.7 Å². The maximum atomic E-state index is 11.6. The predicted octanol–water partition coefficient (Wildman–Crippen LogP) is 2.47. The molecule has 0 saturated heterocycles. The molecule has 0 radical (unpaired) electrons. The third-order valence-corrected chi connectivity index (χ3v) is 6.61. The third kappa shape index (κ3) is 5.55. The molecule has 1 aliphatic carbocycles. The van der Waals surface area contributed by atoms with Gasteiger partial charge in [0.05, 0.1) is 11.1 Å². The second kappa shape index (κ2) is 9.69. The Bertz CT molecular complexity index is 791. The summed E-state index contributed by atoms with van der Waals surface area (Å²) in [6.45, 7) is 1.34. The van der Waals surface area contributed by atoms with Gasteiger partial charge in [0.1, 0.15) is 0 Å². The smallest absolute Gasteiger partial charge is 0.303 e. The molecular weight excluding hydrogens is 436 g/mol. The van der Waals surface area contributed by atoms with Crippen molar-refractivity contribution >= 4 is 21.9 Å². The number of nitrogens with two attached hydrogens (primary N) is 2. The Balaban J connectivity index is 1.64. The number of guanidine groups is 1. The molecular formula is C20H29BrN6O2. The van der Waals surface area contributed by atoms with Gasteiger partial charge >= 0.3 is 5.70 Å². The van der Waals surface area contributed by atoms with Crippen molar-refractivity contribution in [1.82, 2.24) is 10.6 Å². The number of hydrogen-bond acceptors (Lipinski definition) is 7. The minimum atomic E-state index is -1.33. The van der Waals surface area contributed by atoms with E-state index in [2.05, 4.69) is 37.6 Å². The van der Waals surface area contributed by atoms with Crippen molar-refractivity contribution in [2.75, 3.05) is 13.1 Å². The van der Waals surface area contributed by atoms with Crippen LogP contribution in [-0.2, 0) is 6.42 Å². The van der Waals surface area contributed by atoms with Crippen LogP contribution in [0.4, 0.5) is 0 Å². The third-order valence-electron chi connectivity index (χ3n) is 5.84. The number of hydrogen-bond donors (Lipinski definition) is 4. The minimum absolute atomic E-state index is 0.0881. The fourth-order valence-corrected chi connectivity index (χ4v) is 4.61. The van der Waals surface area contributed by atoms with Crippen molar-refractivity contribution in [2.24, 2.45) is 28.3 Å². The molecule has 9 heteroatoms. The highest BCUT2D eigenvalue weighted by Crippen LogP contribution is 2.36. The molecule has 8 nitrogen and oxygen atoms in total. The second-order valence-electron chi connectivity index (χ2n) is 7.91. The van der Waals surface area contributed by atoms with Crippen LogP contribution in [0, 0.1) is 22.0 Å². The molecule has 0 bridgehead atoms. The molecule has 2 aliphatic rings. The summed E-state index contributed by atoms with van der Waals surface area (Å²) in [4.78, 5) is 15.7. The number of nitrogens with zero attached hydrogens (tertiary/aromatic N) is 2. The topological polar surface area (TPSA) is 132 Å². The van der Waals surface area contributed by atoms with Crippen LogP contribution in [0.2, 0.25) is 0 Å². The van der Waals surface area contributed by atoms with Crippen LogP contribution in [0.3, 0.4) is 0 Å². The van der Waals surface area contributed by atoms with Crippen LogP contribution >= 0.6 is 15.9 Å². The summed E-state index contributed by atoms with van der Waals surface area (Å²) >= 11 is 3.54. The van der Waals surface area contributed by atoms with E-state index in [4.69, 9.17) is 11.5 Å². The summed E-state index contributed by atoms with van der Waals surface area (Å²) in [6, 6.07) is 8.02. The summed E-state index contributed by atoms with van der Waals surface area (Å²) in [5.41, 5.74) is 12.0. The van der Waals surface area contributed by atoms with Crippen molar-refractivity contribution < 1.29 is 4.92 Å². The van der Waals surface area contributed by atoms with E-state index in [1.54, 1.807) is 0 Å². The quantitative estimate of drug-likeness (QED) is 0.361. The van der Waals surface area contributed by atoms with Crippen molar-refractivity contribution in [2.45, 2.75) is 44.2 Å². The molecule has 1 fully saturated rings. The average Bonchev–Trinajstić information content (AvgIpc) is 2.69. The van der Waals surface area contributed by atoms with Gasteiger partial charge < -0.3 is 16.4 Å². The maximum absolute atomic E-state index is 11.6. The lowest BCUT2D eigenvalue weighted by atomic mass is 9.77. The molecule has 0 aromatic heterocycles. The molecule has 158 valence electrons. The van der Waals surface area contributed by atoms with Crippen LogP contribution in [0.25, 0.3) is 0 Å². The zero-order valence-electron chi connectivity index (χ0n) is 16.4. The zero-order valence-corrected chi connectivity index (χ0v) is 18.0. The minimum Gasteiger partial charge on any atom is -0.356 e. The Morgan fingerprint density at radius 3 is 2.62 bits per heavy atom. The Morgan fingerprint density at radius 1 is 1.28 bits per heavy atom. The Morgan fingerprint density at radius 2 is 1.97 bits per heavy atom. The second-order valence-corrected chi connectivity index (χ2v) is 8.76. The largest absolute Gasteiger partial charge is 0.356 e. The summed E-state index contributed by atoms with van der Waals surface area (Å²) in [7, 11) is 0. The number of rotatable bonds is 7. The van der Waals surface area contributed by atoms with Crippen LogP contribution in [0.5, 0.6) is 0 Å². The number of nitro groups is 1. The molecule has 0 spiro atoms. The Labute approximate surface area is 179 Å². The molecule has 3 rings (SSSR count). The van der Waals surface area contributed by atoms with Gasteiger partial charge in [-0.15, -0.1) is 0 Å². The highest BCUT2D eigenvalue weighted by atomic mass is 79.9. The lowest BCUT2D eigenvalue weighted by molar-refractivity contribution is -0.436. The van der Waals surface area contributed by atoms with Gasteiger partial charge in [-0.1, -0.05) is 34.1 Å². The van der Waals surface area contributed by atoms with E-state index in [1.165, 1.54) is 11.8 Å². The van der Waals surface area contributed by atoms with Crippen LogP contribution in [-0.4, -0.2) is 29.6 Å². The van der Waals surface area contributed by atoms with E-state index in [1.807, 2.05) is 18.2 Å². The first-order chi connectivity index (χ1) is 13.9. The number of benzene rings is 1. The Hall–Kier alpha value is -1.97. The molecule has 1 saturated carbocycles. The molecule has 0 amide bonds. The molecule has 1 aromatic rings. The fraction of sp³-hybridized carbons (Fsp3) is 0.550. The lowest BCUT2D eigenvalue weighted by Crippen LogP contribution is -2.52. The molecule has 6 N–H and O–H groups in total. The van der Waals surface area contributed by atoms with Gasteiger partial charge in [-0.25, -0.2) is 4.99 Å². The first-order valence-corrected chi connectivity index (χ1v) is 10.9. The van der Waals surface area contributed by atoms with Gasteiger partial charge in [-0.3, -0.25) is 15.8 Å². The Kier molecular flexibility index (Phi) is 7.26. The normalized spacial score (nSPS) is 26.9. The lowest BCUT2D eigenvalue weighted by Gasteiger charge is -2.34. The van der Waals surface area contributed by atoms with Gasteiger partial charge in [0.15, 0.2) is 5.96 Å². The highest BCUT2D eigenvalue weighted by molar-refractivity contribution is 9.10. The summed E-state index contributed by atoms with van der Waals surface area (Å²) in [6.07, 6.45) is 6.70. The van der Waals surface area contributed by atoms with Crippen molar-refractivity contribution in [1.29, 1.82) is 0 Å². The van der Waals surface area contributed by atoms with Crippen molar-refractivity contribution in [3.05, 3.63) is 56.3 Å². The van der Waals surface area contributed by atoms with E-state index in [9.17, 15) is 10.1 Å². The van der Waals surface area contributed by atoms with Crippen LogP contribution in [0.15, 0.2) is 45.6 Å². The molecule has 1 unspecified atom stereocenters. The van der Waals surface area contributed by atoms with Gasteiger partial charge in [0, 0.05) is 11.0 Å². The summed E-state index contributed by atoms with van der Waals surface area (Å²) in [5.74, 6) is 1.34.